The van der Waals surface area contributed by atoms with Crippen molar-refractivity contribution in [1.29, 1.82) is 0 Å². The number of nitrogens with one attached hydrogen (secondary N) is 2. The zero-order valence-electron chi connectivity index (χ0n) is 21.8. The number of methoxy groups -OCH3 is 2. The number of halogens is 1. The topological polar surface area (TPSA) is 85.9 Å². The highest BCUT2D eigenvalue weighted by Crippen LogP contribution is 2.37. The van der Waals surface area contributed by atoms with E-state index in [4.69, 9.17) is 14.2 Å². The number of carbonyl (C=O) groups excluding carboxylic acids is 2. The van der Waals surface area contributed by atoms with Crippen molar-refractivity contribution in [2.24, 2.45) is 0 Å². The molecule has 0 radical (unpaired) electrons. The fourth-order valence-electron chi connectivity index (χ4n) is 3.59. The lowest BCUT2D eigenvalue weighted by molar-refractivity contribution is -0.116. The minimum atomic E-state index is -0.280. The van der Waals surface area contributed by atoms with Gasteiger partial charge in [-0.25, -0.2) is 0 Å². The molecule has 3 aromatic carbocycles. The Kier molecular flexibility index (Phi) is 9.58. The van der Waals surface area contributed by atoms with Crippen LogP contribution in [0.15, 0.2) is 65.1 Å². The Balaban J connectivity index is 1.58. The molecule has 0 aliphatic rings. The van der Waals surface area contributed by atoms with Crippen molar-refractivity contribution in [1.82, 2.24) is 0 Å². The van der Waals surface area contributed by atoms with Crippen LogP contribution in [0.2, 0.25) is 0 Å². The van der Waals surface area contributed by atoms with Gasteiger partial charge in [0.05, 0.1) is 36.7 Å². The SMILES string of the molecule is COc1cc(NC(=O)c2ccccc2)c(OC)cc1NC(=O)CCCOc1ccc(C(C)(C)C)cc1Br. The van der Waals surface area contributed by atoms with Gasteiger partial charge in [-0.15, -0.1) is 0 Å². The average molecular weight is 569 g/mol. The molecule has 0 saturated heterocycles. The first-order chi connectivity index (χ1) is 17.6. The summed E-state index contributed by atoms with van der Waals surface area (Å²) in [5.41, 5.74) is 2.65. The third-order valence-corrected chi connectivity index (χ3v) is 6.30. The van der Waals surface area contributed by atoms with E-state index in [0.717, 1.165) is 10.2 Å². The van der Waals surface area contributed by atoms with Gasteiger partial charge in [-0.3, -0.25) is 9.59 Å². The van der Waals surface area contributed by atoms with Crippen molar-refractivity contribution in [3.63, 3.8) is 0 Å². The molecule has 3 aromatic rings. The van der Waals surface area contributed by atoms with Gasteiger partial charge < -0.3 is 24.8 Å². The van der Waals surface area contributed by atoms with Crippen LogP contribution in [0.5, 0.6) is 17.2 Å². The lowest BCUT2D eigenvalue weighted by atomic mass is 9.87. The van der Waals surface area contributed by atoms with Gasteiger partial charge in [0.1, 0.15) is 17.2 Å². The summed E-state index contributed by atoms with van der Waals surface area (Å²) in [6.45, 7) is 6.87. The van der Waals surface area contributed by atoms with E-state index in [1.807, 2.05) is 12.1 Å². The summed E-state index contributed by atoms with van der Waals surface area (Å²) in [5, 5.41) is 5.69. The summed E-state index contributed by atoms with van der Waals surface area (Å²) < 4.78 is 17.7. The molecule has 7 nitrogen and oxygen atoms in total. The zero-order valence-corrected chi connectivity index (χ0v) is 23.4. The van der Waals surface area contributed by atoms with Crippen molar-refractivity contribution in [3.05, 3.63) is 76.3 Å². The largest absolute Gasteiger partial charge is 0.494 e. The highest BCUT2D eigenvalue weighted by Gasteiger charge is 2.17. The van der Waals surface area contributed by atoms with Gasteiger partial charge >= 0.3 is 0 Å². The molecule has 0 saturated carbocycles. The molecule has 0 spiro atoms. The third kappa shape index (κ3) is 7.73. The van der Waals surface area contributed by atoms with Gasteiger partial charge in [0, 0.05) is 24.1 Å². The van der Waals surface area contributed by atoms with Crippen LogP contribution >= 0.6 is 15.9 Å². The van der Waals surface area contributed by atoms with Crippen molar-refractivity contribution in [3.8, 4) is 17.2 Å². The van der Waals surface area contributed by atoms with E-state index < -0.39 is 0 Å². The molecule has 3 rings (SSSR count). The van der Waals surface area contributed by atoms with E-state index in [1.54, 1.807) is 36.4 Å². The highest BCUT2D eigenvalue weighted by atomic mass is 79.9. The van der Waals surface area contributed by atoms with Gasteiger partial charge in [-0.05, 0) is 57.6 Å². The average Bonchev–Trinajstić information content (AvgIpc) is 2.87. The molecule has 2 amide bonds. The maximum Gasteiger partial charge on any atom is 0.255 e. The summed E-state index contributed by atoms with van der Waals surface area (Å²) in [6, 6.07) is 18.2. The third-order valence-electron chi connectivity index (χ3n) is 5.68. The van der Waals surface area contributed by atoms with Gasteiger partial charge in [-0.1, -0.05) is 45.0 Å². The fraction of sp³-hybridized carbons (Fsp3) is 0.310. The number of hydrogen-bond donors (Lipinski definition) is 2. The molecule has 0 fully saturated rings. The number of amides is 2. The first kappa shape index (κ1) is 28.1. The van der Waals surface area contributed by atoms with Crippen LogP contribution in [-0.2, 0) is 10.2 Å². The first-order valence-electron chi connectivity index (χ1n) is 12.0. The van der Waals surface area contributed by atoms with Crippen LogP contribution in [0.25, 0.3) is 0 Å². The normalized spacial score (nSPS) is 11.0. The first-order valence-corrected chi connectivity index (χ1v) is 12.8. The van der Waals surface area contributed by atoms with Crippen molar-refractivity contribution in [2.75, 3.05) is 31.5 Å². The van der Waals surface area contributed by atoms with Crippen LogP contribution in [0, 0.1) is 0 Å². The highest BCUT2D eigenvalue weighted by molar-refractivity contribution is 9.10. The number of ether oxygens (including phenoxy) is 3. The Labute approximate surface area is 226 Å². The van der Waals surface area contributed by atoms with Crippen LogP contribution in [0.4, 0.5) is 11.4 Å². The molecule has 196 valence electrons. The monoisotopic (exact) mass is 568 g/mol. The van der Waals surface area contributed by atoms with Crippen LogP contribution in [-0.4, -0.2) is 32.6 Å². The molecule has 2 N–H and O–H groups in total. The minimum absolute atomic E-state index is 0.0502. The lowest BCUT2D eigenvalue weighted by Gasteiger charge is -2.20. The molecular formula is C29H33BrN2O5. The van der Waals surface area contributed by atoms with Gasteiger partial charge in [0.25, 0.3) is 5.91 Å². The summed E-state index contributed by atoms with van der Waals surface area (Å²) in [4.78, 5) is 25.2. The molecule has 0 aliphatic carbocycles. The molecule has 0 atom stereocenters. The minimum Gasteiger partial charge on any atom is -0.494 e. The number of rotatable bonds is 10. The predicted molar refractivity (Wildman–Crippen MR) is 150 cm³/mol. The van der Waals surface area contributed by atoms with E-state index in [2.05, 4.69) is 59.5 Å². The van der Waals surface area contributed by atoms with Crippen LogP contribution in [0.1, 0.15) is 49.5 Å². The molecule has 8 heteroatoms. The Bertz CT molecular complexity index is 1240. The van der Waals surface area contributed by atoms with Gasteiger partial charge in [0.2, 0.25) is 5.91 Å². The number of anilines is 2. The summed E-state index contributed by atoms with van der Waals surface area (Å²) in [7, 11) is 2.99. The van der Waals surface area contributed by atoms with Crippen molar-refractivity contribution in [2.45, 2.75) is 39.0 Å². The Morgan fingerprint density at radius 3 is 2.03 bits per heavy atom. The Hall–Kier alpha value is -3.52. The van der Waals surface area contributed by atoms with Crippen molar-refractivity contribution >= 4 is 39.1 Å². The van der Waals surface area contributed by atoms with E-state index in [-0.39, 0.29) is 23.7 Å². The van der Waals surface area contributed by atoms with Crippen molar-refractivity contribution < 1.29 is 23.8 Å². The van der Waals surface area contributed by atoms with E-state index in [1.165, 1.54) is 19.8 Å². The van der Waals surface area contributed by atoms with Gasteiger partial charge in [-0.2, -0.15) is 0 Å². The summed E-state index contributed by atoms with van der Waals surface area (Å²) in [5.74, 6) is 1.07. The second-order valence-electron chi connectivity index (χ2n) is 9.47. The number of carbonyl (C=O) groups is 2. The number of hydrogen-bond acceptors (Lipinski definition) is 5. The molecule has 0 aliphatic heterocycles. The molecule has 0 bridgehead atoms. The Morgan fingerprint density at radius 1 is 0.838 bits per heavy atom. The number of benzene rings is 3. The molecular weight excluding hydrogens is 536 g/mol. The summed E-state index contributed by atoms with van der Waals surface area (Å²) in [6.07, 6.45) is 0.791. The quantitative estimate of drug-likeness (QED) is 0.262. The Morgan fingerprint density at radius 2 is 1.46 bits per heavy atom. The maximum atomic E-state index is 12.6. The molecule has 37 heavy (non-hydrogen) atoms. The fourth-order valence-corrected chi connectivity index (χ4v) is 4.08. The van der Waals surface area contributed by atoms with Crippen LogP contribution in [0.3, 0.4) is 0 Å². The second-order valence-corrected chi connectivity index (χ2v) is 10.3. The summed E-state index contributed by atoms with van der Waals surface area (Å²) >= 11 is 3.57. The maximum absolute atomic E-state index is 12.6. The predicted octanol–water partition coefficient (Wildman–Crippen LogP) is 6.81. The van der Waals surface area contributed by atoms with E-state index in [0.29, 0.717) is 41.5 Å². The lowest BCUT2D eigenvalue weighted by Crippen LogP contribution is -2.15. The van der Waals surface area contributed by atoms with Gasteiger partial charge in [0.15, 0.2) is 0 Å². The van der Waals surface area contributed by atoms with E-state index >= 15 is 0 Å². The smallest absolute Gasteiger partial charge is 0.255 e. The second kappa shape index (κ2) is 12.6. The zero-order chi connectivity index (χ0) is 27.0. The molecule has 0 heterocycles. The molecule has 0 unspecified atom stereocenters. The standard InChI is InChI=1S/C29H33BrN2O5/c1-29(2,3)20-13-14-24(21(30)16-20)37-15-9-12-27(33)31-22-17-26(36-5)23(18-25(22)35-4)32-28(34)19-10-7-6-8-11-19/h6-8,10-11,13-14,16-18H,9,12,15H2,1-5H3,(H,31,33)(H,32,34). The van der Waals surface area contributed by atoms with Crippen LogP contribution < -0.4 is 24.8 Å². The molecule has 0 aromatic heterocycles. The van der Waals surface area contributed by atoms with E-state index in [9.17, 15) is 9.59 Å².